The van der Waals surface area contributed by atoms with Gasteiger partial charge in [0.15, 0.2) is 10.8 Å². The number of nitrogens with zero attached hydrogens (tertiary/aromatic N) is 7. The van der Waals surface area contributed by atoms with Crippen LogP contribution in [0, 0.1) is 13.8 Å². The number of hydrogen-bond donors (Lipinski definition) is 0. The van der Waals surface area contributed by atoms with Gasteiger partial charge in [0.05, 0.1) is 17.5 Å². The molecular weight excluding hydrogens is 302 g/mol. The lowest BCUT2D eigenvalue weighted by Gasteiger charge is -1.96. The van der Waals surface area contributed by atoms with E-state index in [9.17, 15) is 0 Å². The largest absolute Gasteiger partial charge is 0.361 e. The molecule has 0 radical (unpaired) electrons. The van der Waals surface area contributed by atoms with Crippen LogP contribution in [0.4, 0.5) is 0 Å². The van der Waals surface area contributed by atoms with E-state index in [1.165, 1.54) is 11.3 Å². The number of fused-ring (bicyclic) bond motifs is 1. The van der Waals surface area contributed by atoms with Gasteiger partial charge in [-0.3, -0.25) is 4.68 Å². The molecule has 0 spiro atoms. The third-order valence-electron chi connectivity index (χ3n) is 3.52. The lowest BCUT2D eigenvalue weighted by molar-refractivity contribution is 0.392. The molecule has 0 aliphatic rings. The van der Waals surface area contributed by atoms with Crippen molar-refractivity contribution in [2.24, 2.45) is 7.05 Å². The first kappa shape index (κ1) is 13.1. The highest BCUT2D eigenvalue weighted by atomic mass is 32.1. The van der Waals surface area contributed by atoms with Crippen molar-refractivity contribution >= 4 is 16.3 Å². The van der Waals surface area contributed by atoms with Crippen LogP contribution in [0.1, 0.15) is 22.8 Å². The van der Waals surface area contributed by atoms with Crippen LogP contribution in [0.25, 0.3) is 15.5 Å². The Hall–Kier alpha value is -2.55. The Morgan fingerprint density at radius 3 is 2.82 bits per heavy atom. The van der Waals surface area contributed by atoms with Gasteiger partial charge in [0.25, 0.3) is 0 Å². The summed E-state index contributed by atoms with van der Waals surface area (Å²) in [5.41, 5.74) is 2.88. The number of hydrogen-bond acceptors (Lipinski definition) is 7. The van der Waals surface area contributed by atoms with E-state index in [-0.39, 0.29) is 0 Å². The summed E-state index contributed by atoms with van der Waals surface area (Å²) in [5.74, 6) is 1.58. The summed E-state index contributed by atoms with van der Waals surface area (Å²) in [6, 6.07) is 0. The third kappa shape index (κ3) is 2.01. The van der Waals surface area contributed by atoms with Crippen molar-refractivity contribution in [3.8, 4) is 10.6 Å². The highest BCUT2D eigenvalue weighted by Crippen LogP contribution is 2.25. The molecule has 112 valence electrons. The molecule has 4 aromatic heterocycles. The predicted molar refractivity (Wildman–Crippen MR) is 79.6 cm³/mol. The van der Waals surface area contributed by atoms with Gasteiger partial charge in [-0.05, 0) is 13.8 Å². The topological polar surface area (TPSA) is 86.9 Å². The SMILES string of the molecule is Cc1noc(C)c1Cc1nnc2sc(-c3cnn(C)c3)nn12. The molecule has 8 nitrogen and oxygen atoms in total. The maximum Gasteiger partial charge on any atom is 0.234 e. The number of aromatic nitrogens is 7. The zero-order valence-electron chi connectivity index (χ0n) is 12.3. The Labute approximate surface area is 129 Å². The lowest BCUT2D eigenvalue weighted by Crippen LogP contribution is -1.99. The van der Waals surface area contributed by atoms with Gasteiger partial charge in [-0.25, -0.2) is 0 Å². The van der Waals surface area contributed by atoms with Crippen molar-refractivity contribution in [1.29, 1.82) is 0 Å². The first-order chi connectivity index (χ1) is 10.6. The molecule has 0 aromatic carbocycles. The molecule has 0 fully saturated rings. The smallest absolute Gasteiger partial charge is 0.234 e. The van der Waals surface area contributed by atoms with Gasteiger partial charge in [0, 0.05) is 25.2 Å². The normalized spacial score (nSPS) is 11.6. The maximum absolute atomic E-state index is 5.20. The van der Waals surface area contributed by atoms with Crippen LogP contribution < -0.4 is 0 Å². The molecule has 0 bridgehead atoms. The number of rotatable bonds is 3. The molecule has 9 heteroatoms. The molecule has 0 saturated carbocycles. The molecule has 4 aromatic rings. The molecule has 0 unspecified atom stereocenters. The molecule has 0 atom stereocenters. The van der Waals surface area contributed by atoms with Crippen LogP contribution in [0.5, 0.6) is 0 Å². The average molecular weight is 315 g/mol. The molecule has 0 amide bonds. The maximum atomic E-state index is 5.20. The molecule has 22 heavy (non-hydrogen) atoms. The Kier molecular flexibility index (Phi) is 2.83. The second kappa shape index (κ2) is 4.73. The summed E-state index contributed by atoms with van der Waals surface area (Å²) in [7, 11) is 1.88. The van der Waals surface area contributed by atoms with Crippen LogP contribution in [0.15, 0.2) is 16.9 Å². The molecule has 0 N–H and O–H groups in total. The summed E-state index contributed by atoms with van der Waals surface area (Å²) < 4.78 is 8.73. The van der Waals surface area contributed by atoms with Crippen LogP contribution in [0.3, 0.4) is 0 Å². The summed E-state index contributed by atoms with van der Waals surface area (Å²) in [5, 5.41) is 22.0. The van der Waals surface area contributed by atoms with E-state index >= 15 is 0 Å². The fourth-order valence-electron chi connectivity index (χ4n) is 2.33. The molecule has 0 aliphatic heterocycles. The van der Waals surface area contributed by atoms with Gasteiger partial charge < -0.3 is 4.52 Å². The van der Waals surface area contributed by atoms with E-state index in [2.05, 4.69) is 25.6 Å². The van der Waals surface area contributed by atoms with Gasteiger partial charge in [-0.15, -0.1) is 10.2 Å². The van der Waals surface area contributed by atoms with Crippen molar-refractivity contribution in [2.45, 2.75) is 20.3 Å². The van der Waals surface area contributed by atoms with Crippen LogP contribution >= 0.6 is 11.3 Å². The predicted octanol–water partition coefficient (Wildman–Crippen LogP) is 1.78. The van der Waals surface area contributed by atoms with Gasteiger partial charge >= 0.3 is 0 Å². The van der Waals surface area contributed by atoms with Gasteiger partial charge in [0.2, 0.25) is 4.96 Å². The minimum atomic E-state index is 0.596. The zero-order valence-corrected chi connectivity index (χ0v) is 13.1. The fraction of sp³-hybridized carbons (Fsp3) is 0.308. The average Bonchev–Trinajstić information content (AvgIpc) is 3.21. The zero-order chi connectivity index (χ0) is 15.3. The molecule has 4 heterocycles. The van der Waals surface area contributed by atoms with Crippen LogP contribution in [-0.2, 0) is 13.5 Å². The van der Waals surface area contributed by atoms with E-state index in [4.69, 9.17) is 4.52 Å². The summed E-state index contributed by atoms with van der Waals surface area (Å²) in [6.45, 7) is 3.82. The Bertz CT molecular complexity index is 941. The van der Waals surface area contributed by atoms with Crippen molar-refractivity contribution in [3.05, 3.63) is 35.2 Å². The first-order valence-corrected chi connectivity index (χ1v) is 7.55. The highest BCUT2D eigenvalue weighted by molar-refractivity contribution is 7.19. The minimum Gasteiger partial charge on any atom is -0.361 e. The van der Waals surface area contributed by atoms with Crippen molar-refractivity contribution < 1.29 is 4.52 Å². The van der Waals surface area contributed by atoms with E-state index < -0.39 is 0 Å². The molecular formula is C13H13N7OS. The van der Waals surface area contributed by atoms with Gasteiger partial charge in [-0.1, -0.05) is 16.5 Å². The summed E-state index contributed by atoms with van der Waals surface area (Å²) >= 11 is 1.49. The highest BCUT2D eigenvalue weighted by Gasteiger charge is 2.17. The number of aryl methyl sites for hydroxylation is 3. The van der Waals surface area contributed by atoms with Crippen molar-refractivity contribution in [1.82, 2.24) is 34.7 Å². The third-order valence-corrected chi connectivity index (χ3v) is 4.47. The Morgan fingerprint density at radius 2 is 2.14 bits per heavy atom. The minimum absolute atomic E-state index is 0.596. The quantitative estimate of drug-likeness (QED) is 0.573. The fourth-order valence-corrected chi connectivity index (χ4v) is 3.16. The first-order valence-electron chi connectivity index (χ1n) is 6.73. The lowest BCUT2D eigenvalue weighted by atomic mass is 10.1. The Morgan fingerprint density at radius 1 is 1.27 bits per heavy atom. The van der Waals surface area contributed by atoms with Gasteiger partial charge in [-0.2, -0.15) is 14.7 Å². The molecule has 0 saturated heterocycles. The van der Waals surface area contributed by atoms with E-state index in [1.54, 1.807) is 15.4 Å². The summed E-state index contributed by atoms with van der Waals surface area (Å²) in [6.07, 6.45) is 4.32. The van der Waals surface area contributed by atoms with Gasteiger partial charge in [0.1, 0.15) is 5.76 Å². The standard InChI is InChI=1S/C13H13N7OS/c1-7-10(8(2)21-18-7)4-11-15-16-13-20(11)17-12(22-13)9-5-14-19(3)6-9/h5-6H,4H2,1-3H3. The summed E-state index contributed by atoms with van der Waals surface area (Å²) in [4.78, 5) is 0.764. The Balaban J connectivity index is 1.75. The second-order valence-electron chi connectivity index (χ2n) is 5.10. The van der Waals surface area contributed by atoms with Crippen LogP contribution in [-0.4, -0.2) is 34.7 Å². The van der Waals surface area contributed by atoms with Crippen LogP contribution in [0.2, 0.25) is 0 Å². The van der Waals surface area contributed by atoms with E-state index in [0.29, 0.717) is 6.42 Å². The second-order valence-corrected chi connectivity index (χ2v) is 6.06. The van der Waals surface area contributed by atoms with E-state index in [0.717, 1.165) is 38.4 Å². The molecule has 0 aliphatic carbocycles. The molecule has 4 rings (SSSR count). The van der Waals surface area contributed by atoms with Crippen molar-refractivity contribution in [2.75, 3.05) is 0 Å². The van der Waals surface area contributed by atoms with E-state index in [1.807, 2.05) is 27.1 Å². The monoisotopic (exact) mass is 315 g/mol. The van der Waals surface area contributed by atoms with Crippen molar-refractivity contribution in [3.63, 3.8) is 0 Å².